The van der Waals surface area contributed by atoms with Gasteiger partial charge in [0.2, 0.25) is 0 Å². The van der Waals surface area contributed by atoms with Crippen LogP contribution in [0.4, 0.5) is 0 Å². The molecule has 0 atom stereocenters. The fraction of sp³-hybridized carbons (Fsp3) is 0.0417. The lowest BCUT2D eigenvalue weighted by Crippen LogP contribution is -2.01. The van der Waals surface area contributed by atoms with Crippen LogP contribution in [0.1, 0.15) is 5.56 Å². The Morgan fingerprint density at radius 3 is 2.10 bits per heavy atom. The van der Waals surface area contributed by atoms with Crippen molar-refractivity contribution in [3.05, 3.63) is 108 Å². The van der Waals surface area contributed by atoms with Crippen molar-refractivity contribution in [2.24, 2.45) is 0 Å². The maximum absolute atomic E-state index is 6.04. The minimum atomic E-state index is 0.567. The van der Waals surface area contributed by atoms with Crippen molar-refractivity contribution >= 4 is 11.6 Å². The molecule has 5 rings (SSSR count). The van der Waals surface area contributed by atoms with Crippen molar-refractivity contribution in [2.75, 3.05) is 0 Å². The van der Waals surface area contributed by atoms with Crippen LogP contribution in [0.3, 0.4) is 0 Å². The van der Waals surface area contributed by atoms with E-state index in [0.29, 0.717) is 11.6 Å². The van der Waals surface area contributed by atoms with E-state index in [4.69, 9.17) is 16.7 Å². The molecule has 5 aromatic rings. The van der Waals surface area contributed by atoms with Gasteiger partial charge in [0.15, 0.2) is 0 Å². The normalized spacial score (nSPS) is 11.0. The second-order valence-electron chi connectivity index (χ2n) is 6.96. The Balaban J connectivity index is 1.52. The molecule has 0 bridgehead atoms. The van der Waals surface area contributed by atoms with E-state index in [1.165, 1.54) is 0 Å². The Labute approximate surface area is 179 Å². The Morgan fingerprint density at radius 1 is 0.733 bits per heavy atom. The van der Waals surface area contributed by atoms with Crippen molar-refractivity contribution < 1.29 is 0 Å². The summed E-state index contributed by atoms with van der Waals surface area (Å²) in [5.74, 6) is 0. The summed E-state index contributed by atoms with van der Waals surface area (Å²) in [6, 6.07) is 27.9. The van der Waals surface area contributed by atoms with Gasteiger partial charge in [0, 0.05) is 27.9 Å². The minimum absolute atomic E-state index is 0.567. The SMILES string of the molecule is Clc1ccc(-n2cc(Cn3cc(-c4ccccc4)nn3)c(-c3ccccc3)n2)cc1. The fourth-order valence-electron chi connectivity index (χ4n) is 3.38. The summed E-state index contributed by atoms with van der Waals surface area (Å²) in [6.45, 7) is 0.567. The van der Waals surface area contributed by atoms with Crippen molar-refractivity contribution in [3.63, 3.8) is 0 Å². The molecule has 0 aliphatic carbocycles. The molecular formula is C24H18ClN5. The Morgan fingerprint density at radius 2 is 1.40 bits per heavy atom. The summed E-state index contributed by atoms with van der Waals surface area (Å²) < 4.78 is 3.72. The summed E-state index contributed by atoms with van der Waals surface area (Å²) in [4.78, 5) is 0. The first kappa shape index (κ1) is 18.3. The third-order valence-corrected chi connectivity index (χ3v) is 5.12. The second kappa shape index (κ2) is 7.97. The quantitative estimate of drug-likeness (QED) is 0.383. The van der Waals surface area contributed by atoms with E-state index in [1.807, 2.05) is 94.6 Å². The highest BCUT2D eigenvalue weighted by Crippen LogP contribution is 2.25. The molecule has 0 spiro atoms. The molecule has 0 unspecified atom stereocenters. The zero-order valence-electron chi connectivity index (χ0n) is 16.1. The number of rotatable bonds is 5. The monoisotopic (exact) mass is 411 g/mol. The summed E-state index contributed by atoms with van der Waals surface area (Å²) in [5, 5.41) is 14.2. The van der Waals surface area contributed by atoms with Crippen LogP contribution in [0.25, 0.3) is 28.2 Å². The predicted octanol–water partition coefficient (Wildman–Crippen LogP) is 5.50. The summed E-state index contributed by atoms with van der Waals surface area (Å²) >= 11 is 6.04. The molecule has 6 heteroatoms. The first-order valence-corrected chi connectivity index (χ1v) is 9.99. The molecule has 0 radical (unpaired) electrons. The lowest BCUT2D eigenvalue weighted by molar-refractivity contribution is 0.650. The van der Waals surface area contributed by atoms with Gasteiger partial charge in [-0.3, -0.25) is 0 Å². The van der Waals surface area contributed by atoms with Gasteiger partial charge in [0.05, 0.1) is 24.1 Å². The van der Waals surface area contributed by atoms with Crippen LogP contribution in [0, 0.1) is 0 Å². The van der Waals surface area contributed by atoms with Crippen LogP contribution >= 0.6 is 11.6 Å². The van der Waals surface area contributed by atoms with Crippen LogP contribution in [-0.2, 0) is 6.54 Å². The van der Waals surface area contributed by atoms with E-state index < -0.39 is 0 Å². The molecule has 5 nitrogen and oxygen atoms in total. The largest absolute Gasteiger partial charge is 0.247 e. The molecule has 2 heterocycles. The predicted molar refractivity (Wildman–Crippen MR) is 119 cm³/mol. The lowest BCUT2D eigenvalue weighted by atomic mass is 10.1. The van der Waals surface area contributed by atoms with Gasteiger partial charge < -0.3 is 0 Å². The van der Waals surface area contributed by atoms with Gasteiger partial charge >= 0.3 is 0 Å². The highest BCUT2D eigenvalue weighted by molar-refractivity contribution is 6.30. The molecule has 0 saturated carbocycles. The maximum Gasteiger partial charge on any atom is 0.113 e. The van der Waals surface area contributed by atoms with Gasteiger partial charge in [0.25, 0.3) is 0 Å². The molecule has 0 aliphatic rings. The molecule has 146 valence electrons. The zero-order valence-corrected chi connectivity index (χ0v) is 16.8. The van der Waals surface area contributed by atoms with E-state index in [2.05, 4.69) is 22.4 Å². The molecule has 0 N–H and O–H groups in total. The van der Waals surface area contributed by atoms with Gasteiger partial charge in [-0.25, -0.2) is 9.36 Å². The van der Waals surface area contributed by atoms with Gasteiger partial charge in [-0.2, -0.15) is 5.10 Å². The Kier molecular flexibility index (Phi) is 4.87. The van der Waals surface area contributed by atoms with Gasteiger partial charge in [-0.15, -0.1) is 5.10 Å². The number of halogens is 1. The lowest BCUT2D eigenvalue weighted by Gasteiger charge is -2.02. The third-order valence-electron chi connectivity index (χ3n) is 4.87. The molecule has 3 aromatic carbocycles. The Bertz CT molecular complexity index is 1260. The molecular weight excluding hydrogens is 394 g/mol. The van der Waals surface area contributed by atoms with Crippen LogP contribution in [-0.4, -0.2) is 24.8 Å². The van der Waals surface area contributed by atoms with E-state index in [0.717, 1.165) is 33.8 Å². The van der Waals surface area contributed by atoms with E-state index in [1.54, 1.807) is 0 Å². The van der Waals surface area contributed by atoms with E-state index in [9.17, 15) is 0 Å². The number of hydrogen-bond donors (Lipinski definition) is 0. The average Bonchev–Trinajstić information content (AvgIpc) is 3.43. The molecule has 0 aliphatic heterocycles. The minimum Gasteiger partial charge on any atom is -0.247 e. The van der Waals surface area contributed by atoms with Crippen LogP contribution in [0.5, 0.6) is 0 Å². The number of hydrogen-bond acceptors (Lipinski definition) is 3. The molecule has 2 aromatic heterocycles. The second-order valence-corrected chi connectivity index (χ2v) is 7.39. The topological polar surface area (TPSA) is 48.5 Å². The van der Waals surface area contributed by atoms with Crippen molar-refractivity contribution in [3.8, 4) is 28.2 Å². The molecule has 0 amide bonds. The van der Waals surface area contributed by atoms with E-state index >= 15 is 0 Å². The Hall–Kier alpha value is -3.70. The van der Waals surface area contributed by atoms with Crippen molar-refractivity contribution in [1.29, 1.82) is 0 Å². The highest BCUT2D eigenvalue weighted by Gasteiger charge is 2.14. The summed E-state index contributed by atoms with van der Waals surface area (Å²) in [5.41, 5.74) is 5.88. The average molecular weight is 412 g/mol. The molecule has 0 fully saturated rings. The van der Waals surface area contributed by atoms with Crippen LogP contribution in [0.2, 0.25) is 5.02 Å². The zero-order chi connectivity index (χ0) is 20.3. The first-order chi connectivity index (χ1) is 14.8. The molecule has 30 heavy (non-hydrogen) atoms. The van der Waals surface area contributed by atoms with Crippen molar-refractivity contribution in [2.45, 2.75) is 6.54 Å². The van der Waals surface area contributed by atoms with Gasteiger partial charge in [-0.05, 0) is 24.3 Å². The number of nitrogens with zero attached hydrogens (tertiary/aromatic N) is 5. The van der Waals surface area contributed by atoms with Gasteiger partial charge in [0.1, 0.15) is 5.69 Å². The van der Waals surface area contributed by atoms with Crippen LogP contribution < -0.4 is 0 Å². The van der Waals surface area contributed by atoms with Gasteiger partial charge in [-0.1, -0.05) is 77.5 Å². The smallest absolute Gasteiger partial charge is 0.113 e. The number of aromatic nitrogens is 5. The number of benzene rings is 3. The standard InChI is InChI=1S/C24H18ClN5/c25-21-11-13-22(14-12-21)30-16-20(24(27-30)19-9-5-2-6-10-19)15-29-17-23(26-28-29)18-7-3-1-4-8-18/h1-14,16-17H,15H2. The maximum atomic E-state index is 6.04. The summed E-state index contributed by atoms with van der Waals surface area (Å²) in [7, 11) is 0. The summed E-state index contributed by atoms with van der Waals surface area (Å²) in [6.07, 6.45) is 4.00. The fourth-order valence-corrected chi connectivity index (χ4v) is 3.51. The van der Waals surface area contributed by atoms with Crippen molar-refractivity contribution in [1.82, 2.24) is 24.8 Å². The third kappa shape index (κ3) is 3.75. The first-order valence-electron chi connectivity index (χ1n) is 9.62. The van der Waals surface area contributed by atoms with Crippen LogP contribution in [0.15, 0.2) is 97.3 Å². The molecule has 0 saturated heterocycles. The van der Waals surface area contributed by atoms with E-state index in [-0.39, 0.29) is 0 Å². The highest BCUT2D eigenvalue weighted by atomic mass is 35.5.